The van der Waals surface area contributed by atoms with E-state index in [-0.39, 0.29) is 18.0 Å². The van der Waals surface area contributed by atoms with Crippen molar-refractivity contribution in [1.29, 1.82) is 0 Å². The molecule has 1 atom stereocenters. The van der Waals surface area contributed by atoms with Crippen molar-refractivity contribution in [2.45, 2.75) is 32.3 Å². The highest BCUT2D eigenvalue weighted by Crippen LogP contribution is 2.07. The second-order valence-electron chi connectivity index (χ2n) is 3.58. The van der Waals surface area contributed by atoms with Crippen molar-refractivity contribution in [2.75, 3.05) is 0 Å². The van der Waals surface area contributed by atoms with E-state index in [0.717, 1.165) is 6.42 Å². The quantitative estimate of drug-likeness (QED) is 0.808. The van der Waals surface area contributed by atoms with E-state index in [1.54, 1.807) is 12.1 Å². The molecule has 0 aliphatic rings. The number of carbonyl (C=O) groups excluding carboxylic acids is 1. The predicted octanol–water partition coefficient (Wildman–Crippen LogP) is 2.10. The second kappa shape index (κ2) is 5.61. The Morgan fingerprint density at radius 3 is 2.87 bits per heavy atom. The lowest BCUT2D eigenvalue weighted by Gasteiger charge is -2.07. The Hall–Kier alpha value is -1.22. The molecule has 0 aliphatic heterocycles. The van der Waals surface area contributed by atoms with E-state index in [4.69, 9.17) is 0 Å². The zero-order valence-corrected chi connectivity index (χ0v) is 8.74. The Kier molecular flexibility index (Phi) is 4.43. The lowest BCUT2D eigenvalue weighted by atomic mass is 10.0. The van der Waals surface area contributed by atoms with Crippen molar-refractivity contribution in [1.82, 2.24) is 0 Å². The molecule has 0 aromatic heterocycles. The molecule has 1 aromatic carbocycles. The van der Waals surface area contributed by atoms with Crippen LogP contribution in [0.4, 0.5) is 4.39 Å². The van der Waals surface area contributed by atoms with Crippen LogP contribution in [-0.2, 0) is 11.2 Å². The number of aliphatic hydroxyl groups is 1. The van der Waals surface area contributed by atoms with Crippen LogP contribution in [0.25, 0.3) is 0 Å². The van der Waals surface area contributed by atoms with Crippen LogP contribution in [0, 0.1) is 5.82 Å². The van der Waals surface area contributed by atoms with Crippen molar-refractivity contribution < 1.29 is 14.3 Å². The number of benzene rings is 1. The Bertz CT molecular complexity index is 336. The minimum atomic E-state index is -0.918. The maximum absolute atomic E-state index is 12.8. The summed E-state index contributed by atoms with van der Waals surface area (Å²) in [5, 5.41) is 9.41. The second-order valence-corrected chi connectivity index (χ2v) is 3.58. The molecule has 0 spiro atoms. The molecule has 0 aliphatic carbocycles. The number of halogens is 1. The fourth-order valence-corrected chi connectivity index (χ4v) is 1.40. The van der Waals surface area contributed by atoms with Gasteiger partial charge >= 0.3 is 0 Å². The summed E-state index contributed by atoms with van der Waals surface area (Å²) in [6, 6.07) is 5.89. The van der Waals surface area contributed by atoms with Crippen LogP contribution in [0.3, 0.4) is 0 Å². The number of carbonyl (C=O) groups is 1. The van der Waals surface area contributed by atoms with E-state index in [0.29, 0.717) is 12.0 Å². The van der Waals surface area contributed by atoms with Crippen LogP contribution in [0.5, 0.6) is 0 Å². The lowest BCUT2D eigenvalue weighted by Crippen LogP contribution is -2.21. The highest BCUT2D eigenvalue weighted by Gasteiger charge is 2.14. The first kappa shape index (κ1) is 11.9. The molecule has 0 radical (unpaired) electrons. The molecule has 15 heavy (non-hydrogen) atoms. The number of hydrogen-bond acceptors (Lipinski definition) is 2. The van der Waals surface area contributed by atoms with E-state index in [1.165, 1.54) is 12.1 Å². The topological polar surface area (TPSA) is 37.3 Å². The number of rotatable bonds is 5. The molecule has 1 aromatic rings. The van der Waals surface area contributed by atoms with Gasteiger partial charge in [-0.15, -0.1) is 0 Å². The summed E-state index contributed by atoms with van der Waals surface area (Å²) in [6.07, 6.45) is 0.404. The van der Waals surface area contributed by atoms with Crippen LogP contribution in [0.15, 0.2) is 24.3 Å². The van der Waals surface area contributed by atoms with Crippen molar-refractivity contribution in [2.24, 2.45) is 0 Å². The van der Waals surface area contributed by atoms with Gasteiger partial charge in [-0.2, -0.15) is 0 Å². The van der Waals surface area contributed by atoms with Gasteiger partial charge in [0.25, 0.3) is 0 Å². The molecule has 0 fully saturated rings. The largest absolute Gasteiger partial charge is 0.385 e. The average molecular weight is 210 g/mol. The minimum absolute atomic E-state index is 0.0962. The third-order valence-electron chi connectivity index (χ3n) is 2.20. The zero-order valence-electron chi connectivity index (χ0n) is 8.74. The Morgan fingerprint density at radius 2 is 2.27 bits per heavy atom. The molecular formula is C12H15FO2. The van der Waals surface area contributed by atoms with Crippen LogP contribution in [0.2, 0.25) is 0 Å². The van der Waals surface area contributed by atoms with Gasteiger partial charge in [0.05, 0.1) is 0 Å². The fraction of sp³-hybridized carbons (Fsp3) is 0.417. The van der Waals surface area contributed by atoms with E-state index in [2.05, 4.69) is 0 Å². The van der Waals surface area contributed by atoms with Gasteiger partial charge in [-0.1, -0.05) is 25.5 Å². The Morgan fingerprint density at radius 1 is 1.53 bits per heavy atom. The molecule has 0 heterocycles. The maximum atomic E-state index is 12.8. The van der Waals surface area contributed by atoms with Gasteiger partial charge in [0, 0.05) is 6.42 Å². The number of Topliss-reactive ketones (excluding diaryl/α,β-unsaturated/α-hetero) is 1. The summed E-state index contributed by atoms with van der Waals surface area (Å²) in [5.41, 5.74) is 0.607. The van der Waals surface area contributed by atoms with Gasteiger partial charge in [0.1, 0.15) is 11.9 Å². The molecular weight excluding hydrogens is 195 g/mol. The molecule has 82 valence electrons. The molecule has 3 heteroatoms. The zero-order chi connectivity index (χ0) is 11.3. The van der Waals surface area contributed by atoms with Gasteiger partial charge < -0.3 is 5.11 Å². The fourth-order valence-electron chi connectivity index (χ4n) is 1.40. The summed E-state index contributed by atoms with van der Waals surface area (Å²) in [6.45, 7) is 1.90. The molecule has 0 amide bonds. The summed E-state index contributed by atoms with van der Waals surface area (Å²) in [4.78, 5) is 11.4. The van der Waals surface area contributed by atoms with Gasteiger partial charge in [-0.3, -0.25) is 4.79 Å². The molecule has 0 saturated heterocycles. The lowest BCUT2D eigenvalue weighted by molar-refractivity contribution is -0.126. The smallest absolute Gasteiger partial charge is 0.165 e. The van der Waals surface area contributed by atoms with Crippen LogP contribution < -0.4 is 0 Å². The first-order valence-electron chi connectivity index (χ1n) is 5.08. The maximum Gasteiger partial charge on any atom is 0.165 e. The summed E-state index contributed by atoms with van der Waals surface area (Å²) < 4.78 is 12.8. The SMILES string of the molecule is CCCC(O)C(=O)Cc1cccc(F)c1. The van der Waals surface area contributed by atoms with E-state index in [9.17, 15) is 14.3 Å². The van der Waals surface area contributed by atoms with Crippen molar-refractivity contribution in [3.8, 4) is 0 Å². The van der Waals surface area contributed by atoms with E-state index >= 15 is 0 Å². The summed E-state index contributed by atoms with van der Waals surface area (Å²) in [7, 11) is 0. The molecule has 1 unspecified atom stereocenters. The Labute approximate surface area is 88.7 Å². The molecule has 1 N–H and O–H groups in total. The first-order chi connectivity index (χ1) is 7.13. The van der Waals surface area contributed by atoms with Gasteiger partial charge in [0.2, 0.25) is 0 Å². The van der Waals surface area contributed by atoms with E-state index in [1.807, 2.05) is 6.92 Å². The van der Waals surface area contributed by atoms with Crippen molar-refractivity contribution in [3.05, 3.63) is 35.6 Å². The van der Waals surface area contributed by atoms with Gasteiger partial charge in [-0.25, -0.2) is 4.39 Å². The van der Waals surface area contributed by atoms with Gasteiger partial charge in [0.15, 0.2) is 5.78 Å². The third kappa shape index (κ3) is 3.80. The normalized spacial score (nSPS) is 12.5. The predicted molar refractivity (Wildman–Crippen MR) is 56.0 cm³/mol. The standard InChI is InChI=1S/C12H15FO2/c1-2-4-11(14)12(15)8-9-5-3-6-10(13)7-9/h3,5-7,11,14H,2,4,8H2,1H3. The molecule has 0 saturated carbocycles. The van der Waals surface area contributed by atoms with Crippen LogP contribution in [-0.4, -0.2) is 17.0 Å². The third-order valence-corrected chi connectivity index (χ3v) is 2.20. The van der Waals surface area contributed by atoms with Crippen LogP contribution >= 0.6 is 0 Å². The minimum Gasteiger partial charge on any atom is -0.385 e. The average Bonchev–Trinajstić information content (AvgIpc) is 2.18. The van der Waals surface area contributed by atoms with Gasteiger partial charge in [-0.05, 0) is 24.1 Å². The van der Waals surface area contributed by atoms with Crippen molar-refractivity contribution in [3.63, 3.8) is 0 Å². The van der Waals surface area contributed by atoms with E-state index < -0.39 is 6.10 Å². The van der Waals surface area contributed by atoms with Crippen molar-refractivity contribution >= 4 is 5.78 Å². The molecule has 0 bridgehead atoms. The number of ketones is 1. The summed E-state index contributed by atoms with van der Waals surface area (Å²) >= 11 is 0. The Balaban J connectivity index is 2.58. The first-order valence-corrected chi connectivity index (χ1v) is 5.08. The summed E-state index contributed by atoms with van der Waals surface area (Å²) in [5.74, 6) is -0.604. The monoisotopic (exact) mass is 210 g/mol. The number of aliphatic hydroxyl groups excluding tert-OH is 1. The molecule has 1 rings (SSSR count). The molecule has 2 nitrogen and oxygen atoms in total. The van der Waals surface area contributed by atoms with Crippen LogP contribution in [0.1, 0.15) is 25.3 Å². The highest BCUT2D eigenvalue weighted by atomic mass is 19.1. The highest BCUT2D eigenvalue weighted by molar-refractivity contribution is 5.84. The number of hydrogen-bond donors (Lipinski definition) is 1.